The Bertz CT molecular complexity index is 309. The van der Waals surface area contributed by atoms with Gasteiger partial charge in [-0.05, 0) is 27.1 Å². The van der Waals surface area contributed by atoms with Crippen molar-refractivity contribution >= 4 is 0 Å². The van der Waals surface area contributed by atoms with Gasteiger partial charge in [0.25, 0.3) is 0 Å². The zero-order chi connectivity index (χ0) is 12.1. The molecule has 0 aliphatic carbocycles. The van der Waals surface area contributed by atoms with Crippen molar-refractivity contribution in [1.29, 1.82) is 0 Å². The van der Waals surface area contributed by atoms with Crippen molar-refractivity contribution in [2.45, 2.75) is 32.9 Å². The van der Waals surface area contributed by atoms with Gasteiger partial charge in [0.1, 0.15) is 0 Å². The average molecular weight is 226 g/mol. The van der Waals surface area contributed by atoms with Gasteiger partial charge in [0, 0.05) is 12.5 Å². The molecule has 0 spiro atoms. The minimum absolute atomic E-state index is 0.382. The van der Waals surface area contributed by atoms with Crippen LogP contribution in [0, 0.1) is 5.92 Å². The summed E-state index contributed by atoms with van der Waals surface area (Å²) < 4.78 is 5.22. The predicted octanol–water partition coefficient (Wildman–Crippen LogP) is 0.918. The maximum absolute atomic E-state index is 5.22. The van der Waals surface area contributed by atoms with Crippen LogP contribution in [0.4, 0.5) is 0 Å². The number of nitrogens with zero attached hydrogens (tertiary/aromatic N) is 3. The fraction of sp³-hybridized carbons (Fsp3) is 0.818. The van der Waals surface area contributed by atoms with Crippen LogP contribution in [0.5, 0.6) is 0 Å². The van der Waals surface area contributed by atoms with Crippen LogP contribution in [0.2, 0.25) is 0 Å². The van der Waals surface area contributed by atoms with E-state index >= 15 is 0 Å². The molecule has 1 N–H and O–H groups in total. The Kier molecular flexibility index (Phi) is 4.89. The van der Waals surface area contributed by atoms with Crippen molar-refractivity contribution in [3.63, 3.8) is 0 Å². The number of hydrogen-bond acceptors (Lipinski definition) is 5. The molecule has 1 atom stereocenters. The lowest BCUT2D eigenvalue weighted by Crippen LogP contribution is -2.32. The molecule has 0 saturated carbocycles. The molecular weight excluding hydrogens is 204 g/mol. The average Bonchev–Trinajstić information content (AvgIpc) is 2.60. The molecule has 5 heteroatoms. The van der Waals surface area contributed by atoms with Gasteiger partial charge >= 0.3 is 0 Å². The van der Waals surface area contributed by atoms with Gasteiger partial charge in [0.2, 0.25) is 5.89 Å². The van der Waals surface area contributed by atoms with Crippen molar-refractivity contribution in [3.8, 4) is 0 Å². The molecule has 0 aliphatic rings. The van der Waals surface area contributed by atoms with Crippen LogP contribution < -0.4 is 5.32 Å². The minimum Gasteiger partial charge on any atom is -0.339 e. The van der Waals surface area contributed by atoms with E-state index in [-0.39, 0.29) is 0 Å². The van der Waals surface area contributed by atoms with Gasteiger partial charge in [-0.3, -0.25) is 0 Å². The number of hydrogen-bond donors (Lipinski definition) is 1. The Balaban J connectivity index is 2.57. The van der Waals surface area contributed by atoms with Gasteiger partial charge < -0.3 is 14.7 Å². The van der Waals surface area contributed by atoms with Crippen LogP contribution >= 0.6 is 0 Å². The van der Waals surface area contributed by atoms with Crippen LogP contribution in [-0.2, 0) is 13.0 Å². The Morgan fingerprint density at radius 2 is 2.06 bits per heavy atom. The van der Waals surface area contributed by atoms with Crippen molar-refractivity contribution < 1.29 is 4.52 Å². The predicted molar refractivity (Wildman–Crippen MR) is 63.1 cm³/mol. The SMILES string of the molecule is CNC(Cc1nc(CN(C)C)no1)C(C)C. The maximum Gasteiger partial charge on any atom is 0.228 e. The quantitative estimate of drug-likeness (QED) is 0.781. The number of aromatic nitrogens is 2. The third-order valence-corrected chi connectivity index (χ3v) is 2.54. The zero-order valence-corrected chi connectivity index (χ0v) is 10.8. The molecule has 1 aromatic heterocycles. The normalized spacial score (nSPS) is 13.7. The first-order valence-corrected chi connectivity index (χ1v) is 5.66. The summed E-state index contributed by atoms with van der Waals surface area (Å²) in [5.74, 6) is 2.01. The molecular formula is C11H22N4O. The first kappa shape index (κ1) is 13.1. The smallest absolute Gasteiger partial charge is 0.228 e. The second-order valence-corrected chi connectivity index (χ2v) is 4.69. The van der Waals surface area contributed by atoms with E-state index in [0.29, 0.717) is 17.9 Å². The van der Waals surface area contributed by atoms with Gasteiger partial charge in [-0.2, -0.15) is 4.98 Å². The monoisotopic (exact) mass is 226 g/mol. The minimum atomic E-state index is 0.382. The van der Waals surface area contributed by atoms with Crippen LogP contribution in [0.25, 0.3) is 0 Å². The lowest BCUT2D eigenvalue weighted by Gasteiger charge is -2.17. The Morgan fingerprint density at radius 1 is 1.38 bits per heavy atom. The molecule has 0 fully saturated rings. The largest absolute Gasteiger partial charge is 0.339 e. The van der Waals surface area contributed by atoms with Crippen LogP contribution in [-0.4, -0.2) is 42.2 Å². The van der Waals surface area contributed by atoms with E-state index in [1.165, 1.54) is 0 Å². The molecule has 0 aromatic carbocycles. The number of nitrogens with one attached hydrogen (secondary N) is 1. The maximum atomic E-state index is 5.22. The molecule has 5 nitrogen and oxygen atoms in total. The second-order valence-electron chi connectivity index (χ2n) is 4.69. The summed E-state index contributed by atoms with van der Waals surface area (Å²) in [6.45, 7) is 5.08. The van der Waals surface area contributed by atoms with E-state index in [2.05, 4.69) is 29.3 Å². The van der Waals surface area contributed by atoms with E-state index in [1.807, 2.05) is 26.0 Å². The van der Waals surface area contributed by atoms with Crippen molar-refractivity contribution in [2.75, 3.05) is 21.1 Å². The van der Waals surface area contributed by atoms with E-state index in [0.717, 1.165) is 18.8 Å². The van der Waals surface area contributed by atoms with Gasteiger partial charge in [0.05, 0.1) is 6.54 Å². The summed E-state index contributed by atoms with van der Waals surface area (Å²) in [7, 11) is 5.93. The highest BCUT2D eigenvalue weighted by Gasteiger charge is 2.16. The highest BCUT2D eigenvalue weighted by Crippen LogP contribution is 2.08. The van der Waals surface area contributed by atoms with Gasteiger partial charge in [-0.1, -0.05) is 19.0 Å². The summed E-state index contributed by atoms with van der Waals surface area (Å²) in [4.78, 5) is 6.38. The molecule has 1 rings (SSSR count). The molecule has 92 valence electrons. The summed E-state index contributed by atoms with van der Waals surface area (Å²) in [6, 6.07) is 0.382. The molecule has 0 aliphatic heterocycles. The standard InChI is InChI=1S/C11H22N4O/c1-8(2)9(12-3)6-11-13-10(14-16-11)7-15(4)5/h8-9,12H,6-7H2,1-5H3. The molecule has 1 unspecified atom stereocenters. The highest BCUT2D eigenvalue weighted by atomic mass is 16.5. The second kappa shape index (κ2) is 5.96. The Hall–Kier alpha value is -0.940. The molecule has 16 heavy (non-hydrogen) atoms. The fourth-order valence-corrected chi connectivity index (χ4v) is 1.58. The molecule has 0 amide bonds. The summed E-state index contributed by atoms with van der Waals surface area (Å²) in [6.07, 6.45) is 0.786. The van der Waals surface area contributed by atoms with Crippen LogP contribution in [0.15, 0.2) is 4.52 Å². The lowest BCUT2D eigenvalue weighted by atomic mass is 10.0. The summed E-state index contributed by atoms with van der Waals surface area (Å²) in [5.41, 5.74) is 0. The van der Waals surface area contributed by atoms with E-state index in [9.17, 15) is 0 Å². The number of rotatable bonds is 6. The molecule has 1 heterocycles. The van der Waals surface area contributed by atoms with Crippen molar-refractivity contribution in [3.05, 3.63) is 11.7 Å². The van der Waals surface area contributed by atoms with Crippen LogP contribution in [0.1, 0.15) is 25.6 Å². The molecule has 0 radical (unpaired) electrons. The first-order valence-electron chi connectivity index (χ1n) is 5.66. The first-order chi connectivity index (χ1) is 7.52. The van der Waals surface area contributed by atoms with Crippen molar-refractivity contribution in [1.82, 2.24) is 20.4 Å². The van der Waals surface area contributed by atoms with Gasteiger partial charge in [0.15, 0.2) is 5.82 Å². The third kappa shape index (κ3) is 3.90. The lowest BCUT2D eigenvalue weighted by molar-refractivity contribution is 0.325. The number of likely N-dealkylation sites (N-methyl/N-ethyl adjacent to an activating group) is 1. The van der Waals surface area contributed by atoms with Crippen LogP contribution in [0.3, 0.4) is 0 Å². The summed E-state index contributed by atoms with van der Waals surface area (Å²) in [5, 5.41) is 7.21. The molecule has 0 bridgehead atoms. The van der Waals surface area contributed by atoms with Gasteiger partial charge in [-0.15, -0.1) is 0 Å². The van der Waals surface area contributed by atoms with Crippen molar-refractivity contribution in [2.24, 2.45) is 5.92 Å². The third-order valence-electron chi connectivity index (χ3n) is 2.54. The van der Waals surface area contributed by atoms with E-state index in [4.69, 9.17) is 4.52 Å². The highest BCUT2D eigenvalue weighted by molar-refractivity contribution is 4.90. The summed E-state index contributed by atoms with van der Waals surface area (Å²) >= 11 is 0. The Morgan fingerprint density at radius 3 is 2.56 bits per heavy atom. The molecule has 1 aromatic rings. The zero-order valence-electron chi connectivity index (χ0n) is 10.8. The van der Waals surface area contributed by atoms with Gasteiger partial charge in [-0.25, -0.2) is 0 Å². The fourth-order valence-electron chi connectivity index (χ4n) is 1.58. The van der Waals surface area contributed by atoms with E-state index in [1.54, 1.807) is 0 Å². The van der Waals surface area contributed by atoms with E-state index < -0.39 is 0 Å². The molecule has 0 saturated heterocycles. The topological polar surface area (TPSA) is 54.2 Å². The Labute approximate surface area is 97.2 Å².